The molecule has 1 spiro atoms. The number of carbonyl (C=O) groups is 2. The quantitative estimate of drug-likeness (QED) is 0.650. The van der Waals surface area contributed by atoms with Crippen molar-refractivity contribution in [2.75, 3.05) is 13.1 Å². The molecule has 1 amide bonds. The van der Waals surface area contributed by atoms with Gasteiger partial charge in [0.1, 0.15) is 5.69 Å². The molecule has 3 heterocycles. The van der Waals surface area contributed by atoms with Crippen molar-refractivity contribution in [3.05, 3.63) is 47.4 Å². The van der Waals surface area contributed by atoms with Gasteiger partial charge in [0.05, 0.1) is 17.3 Å². The molecule has 0 bridgehead atoms. The van der Waals surface area contributed by atoms with E-state index in [0.29, 0.717) is 24.3 Å². The van der Waals surface area contributed by atoms with Crippen molar-refractivity contribution < 1.29 is 9.59 Å². The number of nitrogens with one attached hydrogen (secondary N) is 1. The van der Waals surface area contributed by atoms with Gasteiger partial charge in [-0.3, -0.25) is 19.4 Å². The maximum absolute atomic E-state index is 13.2. The lowest BCUT2D eigenvalue weighted by Gasteiger charge is -2.47. The predicted octanol–water partition coefficient (Wildman–Crippen LogP) is 3.81. The third-order valence-corrected chi connectivity index (χ3v) is 7.30. The van der Waals surface area contributed by atoms with E-state index in [4.69, 9.17) is 0 Å². The predicted molar refractivity (Wildman–Crippen MR) is 118 cm³/mol. The highest BCUT2D eigenvalue weighted by Crippen LogP contribution is 2.47. The Bertz CT molecular complexity index is 1170. The Morgan fingerprint density at radius 1 is 1.23 bits per heavy atom. The zero-order valence-corrected chi connectivity index (χ0v) is 18.6. The molecule has 1 aliphatic heterocycles. The van der Waals surface area contributed by atoms with Crippen LogP contribution in [0.4, 0.5) is 0 Å². The molecule has 7 nitrogen and oxygen atoms in total. The van der Waals surface area contributed by atoms with Crippen LogP contribution in [0.2, 0.25) is 0 Å². The lowest BCUT2D eigenvalue weighted by molar-refractivity contribution is 0.0348. The Labute approximate surface area is 181 Å². The van der Waals surface area contributed by atoms with Crippen LogP contribution in [0.1, 0.15) is 66.9 Å². The summed E-state index contributed by atoms with van der Waals surface area (Å²) in [6.07, 6.45) is 6.31. The van der Waals surface area contributed by atoms with E-state index < -0.39 is 0 Å². The second-order valence-corrected chi connectivity index (χ2v) is 10.2. The number of piperidine rings is 1. The highest BCUT2D eigenvalue weighted by molar-refractivity contribution is 5.99. The van der Waals surface area contributed by atoms with Gasteiger partial charge in [0.2, 0.25) is 0 Å². The number of ketones is 1. The van der Waals surface area contributed by atoms with Crippen molar-refractivity contribution in [3.8, 4) is 0 Å². The van der Waals surface area contributed by atoms with Gasteiger partial charge in [0, 0.05) is 41.7 Å². The zero-order chi connectivity index (χ0) is 22.0. The summed E-state index contributed by atoms with van der Waals surface area (Å²) in [6.45, 7) is 9.68. The van der Waals surface area contributed by atoms with Gasteiger partial charge in [-0.15, -0.1) is 0 Å². The fourth-order valence-corrected chi connectivity index (χ4v) is 5.13. The van der Waals surface area contributed by atoms with E-state index in [1.54, 1.807) is 6.20 Å². The summed E-state index contributed by atoms with van der Waals surface area (Å²) in [4.78, 5) is 28.2. The van der Waals surface area contributed by atoms with E-state index in [9.17, 15) is 9.59 Å². The molecule has 2 aliphatic rings. The van der Waals surface area contributed by atoms with E-state index in [2.05, 4.69) is 42.3 Å². The Hall–Kier alpha value is -2.96. The molecule has 3 aromatic rings. The van der Waals surface area contributed by atoms with Crippen molar-refractivity contribution in [2.24, 2.45) is 11.3 Å². The number of rotatable bonds is 1. The molecule has 1 fully saturated rings. The number of carbonyl (C=O) groups excluding carboxylic acids is 2. The van der Waals surface area contributed by atoms with Gasteiger partial charge in [0.15, 0.2) is 5.78 Å². The summed E-state index contributed by atoms with van der Waals surface area (Å²) >= 11 is 0. The Morgan fingerprint density at radius 3 is 2.68 bits per heavy atom. The van der Waals surface area contributed by atoms with Crippen LogP contribution in [0.3, 0.4) is 0 Å². The molecule has 5 rings (SSSR count). The minimum Gasteiger partial charge on any atom is -0.339 e. The Balaban J connectivity index is 1.35. The van der Waals surface area contributed by atoms with Gasteiger partial charge in [-0.1, -0.05) is 6.92 Å². The van der Waals surface area contributed by atoms with Gasteiger partial charge < -0.3 is 4.90 Å². The van der Waals surface area contributed by atoms with Gasteiger partial charge >= 0.3 is 0 Å². The summed E-state index contributed by atoms with van der Waals surface area (Å²) in [7, 11) is 0. The Kier molecular flexibility index (Phi) is 4.36. The van der Waals surface area contributed by atoms with Gasteiger partial charge in [-0.25, -0.2) is 0 Å². The zero-order valence-electron chi connectivity index (χ0n) is 18.6. The lowest BCUT2D eigenvalue weighted by atomic mass is 9.61. The van der Waals surface area contributed by atoms with Crippen LogP contribution in [-0.2, 0) is 12.0 Å². The fraction of sp³-hybridized carbons (Fsp3) is 0.500. The van der Waals surface area contributed by atoms with Crippen molar-refractivity contribution in [1.82, 2.24) is 24.9 Å². The molecule has 2 aromatic heterocycles. The number of hydrogen-bond donors (Lipinski definition) is 1. The second-order valence-electron chi connectivity index (χ2n) is 10.2. The fourth-order valence-electron chi connectivity index (χ4n) is 5.13. The number of Topliss-reactive ketones (excluding diaryl/α,β-unsaturated/α-hetero) is 1. The first-order valence-electron chi connectivity index (χ1n) is 11.0. The summed E-state index contributed by atoms with van der Waals surface area (Å²) in [5, 5.41) is 12.5. The van der Waals surface area contributed by atoms with Crippen LogP contribution in [0, 0.1) is 11.3 Å². The molecule has 0 radical (unpaired) electrons. The van der Waals surface area contributed by atoms with Crippen molar-refractivity contribution in [1.29, 1.82) is 0 Å². The number of fused-ring (bicyclic) bond motifs is 2. The van der Waals surface area contributed by atoms with E-state index >= 15 is 0 Å². The molecular weight excluding hydrogens is 390 g/mol. The average Bonchev–Trinajstić information content (AvgIpc) is 3.38. The Morgan fingerprint density at radius 2 is 1.97 bits per heavy atom. The maximum atomic E-state index is 13.2. The summed E-state index contributed by atoms with van der Waals surface area (Å²) in [5.41, 5.74) is 3.06. The first kappa shape index (κ1) is 20.0. The number of aromatic amines is 1. The van der Waals surface area contributed by atoms with Crippen LogP contribution in [0.25, 0.3) is 10.9 Å². The number of nitrogens with zero attached hydrogens (tertiary/aromatic N) is 4. The van der Waals surface area contributed by atoms with Crippen LogP contribution >= 0.6 is 0 Å². The van der Waals surface area contributed by atoms with Gasteiger partial charge in [0.25, 0.3) is 5.91 Å². The normalized spacial score (nSPS) is 21.0. The molecule has 1 aromatic carbocycles. The highest BCUT2D eigenvalue weighted by Gasteiger charge is 2.48. The average molecular weight is 420 g/mol. The third kappa shape index (κ3) is 3.18. The van der Waals surface area contributed by atoms with Crippen LogP contribution in [0.15, 0.2) is 30.6 Å². The molecule has 162 valence electrons. The van der Waals surface area contributed by atoms with Crippen molar-refractivity contribution in [2.45, 2.75) is 52.5 Å². The number of H-pyrrole nitrogens is 1. The van der Waals surface area contributed by atoms with Crippen LogP contribution < -0.4 is 0 Å². The number of hydrogen-bond acceptors (Lipinski definition) is 4. The molecule has 7 heteroatoms. The van der Waals surface area contributed by atoms with E-state index in [1.165, 1.54) is 0 Å². The van der Waals surface area contributed by atoms with E-state index in [1.807, 2.05) is 34.7 Å². The van der Waals surface area contributed by atoms with Crippen molar-refractivity contribution >= 4 is 22.6 Å². The molecule has 1 saturated heterocycles. The summed E-state index contributed by atoms with van der Waals surface area (Å²) in [6, 6.07) is 5.65. The van der Waals surface area contributed by atoms with Gasteiger partial charge in [-0.2, -0.15) is 10.2 Å². The molecule has 1 atom stereocenters. The summed E-state index contributed by atoms with van der Waals surface area (Å²) < 4.78 is 1.92. The maximum Gasteiger partial charge on any atom is 0.253 e. The molecule has 1 N–H and O–H groups in total. The standard InChI is InChI=1S/C24H29N5O2/c1-15-21(30)20-18(14-29(27-20)23(2,3)4)12-24(15)7-9-28(10-8-24)22(31)16-5-6-19-17(11-16)13-25-26-19/h5-6,11,13-15H,7-10,12H2,1-4H3,(H,25,26)/t15-/m1/s1. The van der Waals surface area contributed by atoms with Crippen LogP contribution in [0.5, 0.6) is 0 Å². The van der Waals surface area contributed by atoms with E-state index in [0.717, 1.165) is 35.7 Å². The van der Waals surface area contributed by atoms with Crippen molar-refractivity contribution in [3.63, 3.8) is 0 Å². The second kappa shape index (κ2) is 6.77. The third-order valence-electron chi connectivity index (χ3n) is 7.30. The number of amides is 1. The molecule has 31 heavy (non-hydrogen) atoms. The smallest absolute Gasteiger partial charge is 0.253 e. The topological polar surface area (TPSA) is 83.9 Å². The molecule has 1 aliphatic carbocycles. The minimum absolute atomic E-state index is 0.0500. The number of benzene rings is 1. The summed E-state index contributed by atoms with van der Waals surface area (Å²) in [5.74, 6) is 0.117. The van der Waals surface area contributed by atoms with E-state index in [-0.39, 0.29) is 28.6 Å². The minimum atomic E-state index is -0.153. The SMILES string of the molecule is C[C@@H]1C(=O)c2nn(C(C)(C)C)cc2CC12CCN(C(=O)c1ccc3[nH]ncc3c1)CC2. The van der Waals surface area contributed by atoms with Gasteiger partial charge in [-0.05, 0) is 63.6 Å². The monoisotopic (exact) mass is 419 g/mol. The lowest BCUT2D eigenvalue weighted by Crippen LogP contribution is -2.50. The largest absolute Gasteiger partial charge is 0.339 e. The number of likely N-dealkylation sites (tertiary alicyclic amines) is 1. The molecule has 0 saturated carbocycles. The highest BCUT2D eigenvalue weighted by atomic mass is 16.2. The molecular formula is C24H29N5O2. The molecule has 0 unspecified atom stereocenters. The first-order valence-corrected chi connectivity index (χ1v) is 11.0. The first-order chi connectivity index (χ1) is 14.7. The van der Waals surface area contributed by atoms with Crippen LogP contribution in [-0.4, -0.2) is 49.7 Å². The number of aromatic nitrogens is 4.